The number of aryl methyl sites for hydroxylation is 1. The second-order valence-corrected chi connectivity index (χ2v) is 2.51. The van der Waals surface area contributed by atoms with Gasteiger partial charge in [-0.15, -0.1) is 5.10 Å². The van der Waals surface area contributed by atoms with Crippen molar-refractivity contribution in [3.63, 3.8) is 0 Å². The number of nitrogens with zero attached hydrogens (tertiary/aromatic N) is 4. The Balaban J connectivity index is 2.94. The van der Waals surface area contributed by atoms with Gasteiger partial charge in [0.15, 0.2) is 5.65 Å². The Morgan fingerprint density at radius 1 is 1.58 bits per heavy atom. The summed E-state index contributed by atoms with van der Waals surface area (Å²) in [6.07, 6.45) is 0. The van der Waals surface area contributed by atoms with Crippen LogP contribution in [0.4, 0.5) is 5.69 Å². The van der Waals surface area contributed by atoms with Gasteiger partial charge in [-0.1, -0.05) is 0 Å². The number of nitrogen functional groups attached to an aromatic ring is 1. The molecule has 0 amide bonds. The van der Waals surface area contributed by atoms with Crippen LogP contribution in [-0.4, -0.2) is 25.1 Å². The average molecular weight is 165 g/mol. The van der Waals surface area contributed by atoms with Gasteiger partial charge in [-0.05, 0) is 29.0 Å². The van der Waals surface area contributed by atoms with Gasteiger partial charge in [0.05, 0.1) is 5.69 Å². The van der Waals surface area contributed by atoms with E-state index in [0.717, 1.165) is 5.56 Å². The number of pyridine rings is 1. The highest BCUT2D eigenvalue weighted by Crippen LogP contribution is 2.23. The van der Waals surface area contributed by atoms with E-state index < -0.39 is 0 Å². The molecule has 0 fully saturated rings. The largest absolute Gasteiger partial charge is 0.492 e. The molecule has 6 heteroatoms. The van der Waals surface area contributed by atoms with E-state index in [1.807, 2.05) is 0 Å². The minimum absolute atomic E-state index is 0.116. The van der Waals surface area contributed by atoms with E-state index >= 15 is 0 Å². The molecule has 2 aromatic heterocycles. The normalized spacial score (nSPS) is 10.8. The smallest absolute Gasteiger partial charge is 0.239 e. The van der Waals surface area contributed by atoms with E-state index in [0.29, 0.717) is 11.3 Å². The third kappa shape index (κ3) is 0.714. The Morgan fingerprint density at radius 3 is 3.08 bits per heavy atom. The molecule has 0 saturated heterocycles. The van der Waals surface area contributed by atoms with Crippen LogP contribution in [-0.2, 0) is 0 Å². The van der Waals surface area contributed by atoms with E-state index in [1.165, 1.54) is 4.52 Å². The molecule has 0 bridgehead atoms. The molecule has 0 aliphatic rings. The van der Waals surface area contributed by atoms with Gasteiger partial charge in [-0.25, -0.2) is 0 Å². The second-order valence-electron chi connectivity index (χ2n) is 2.51. The molecule has 0 unspecified atom stereocenters. The molecule has 12 heavy (non-hydrogen) atoms. The molecule has 0 radical (unpaired) electrons. The maximum absolute atomic E-state index is 9.42. The second kappa shape index (κ2) is 2.07. The molecule has 0 aliphatic carbocycles. The average Bonchev–Trinajstić information content (AvgIpc) is 2.48. The van der Waals surface area contributed by atoms with Crippen molar-refractivity contribution >= 4 is 11.3 Å². The van der Waals surface area contributed by atoms with Gasteiger partial charge in [0, 0.05) is 0 Å². The van der Waals surface area contributed by atoms with E-state index in [2.05, 4.69) is 15.5 Å². The van der Waals surface area contributed by atoms with Crippen LogP contribution in [0.5, 0.6) is 5.88 Å². The molecule has 0 atom stereocenters. The van der Waals surface area contributed by atoms with E-state index in [9.17, 15) is 5.11 Å². The van der Waals surface area contributed by atoms with Crippen molar-refractivity contribution in [3.05, 3.63) is 11.6 Å². The van der Waals surface area contributed by atoms with E-state index in [1.54, 1.807) is 13.0 Å². The molecule has 2 aromatic rings. The first-order valence-electron chi connectivity index (χ1n) is 3.36. The van der Waals surface area contributed by atoms with Crippen molar-refractivity contribution in [1.82, 2.24) is 20.0 Å². The van der Waals surface area contributed by atoms with Crippen molar-refractivity contribution in [1.29, 1.82) is 0 Å². The Morgan fingerprint density at radius 2 is 2.33 bits per heavy atom. The zero-order valence-corrected chi connectivity index (χ0v) is 6.39. The monoisotopic (exact) mass is 165 g/mol. The molecule has 0 aliphatic heterocycles. The maximum atomic E-state index is 9.42. The van der Waals surface area contributed by atoms with Crippen molar-refractivity contribution in [2.45, 2.75) is 6.92 Å². The minimum Gasteiger partial charge on any atom is -0.492 e. The van der Waals surface area contributed by atoms with Crippen molar-refractivity contribution in [2.75, 3.05) is 5.73 Å². The highest BCUT2D eigenvalue weighted by atomic mass is 16.3. The summed E-state index contributed by atoms with van der Waals surface area (Å²) in [5, 5.41) is 20.0. The molecule has 0 spiro atoms. The first-order chi connectivity index (χ1) is 5.70. The number of nitrogens with two attached hydrogens (primary N) is 1. The molecule has 62 valence electrons. The highest BCUT2D eigenvalue weighted by Gasteiger charge is 2.08. The lowest BCUT2D eigenvalue weighted by atomic mass is 10.2. The first-order valence-corrected chi connectivity index (χ1v) is 3.36. The quantitative estimate of drug-likeness (QED) is 0.560. The molecular weight excluding hydrogens is 158 g/mol. The van der Waals surface area contributed by atoms with Crippen LogP contribution in [0.15, 0.2) is 6.07 Å². The summed E-state index contributed by atoms with van der Waals surface area (Å²) in [7, 11) is 0. The predicted molar refractivity (Wildman–Crippen MR) is 41.6 cm³/mol. The van der Waals surface area contributed by atoms with Crippen LogP contribution >= 0.6 is 0 Å². The van der Waals surface area contributed by atoms with Crippen LogP contribution in [0.2, 0.25) is 0 Å². The number of anilines is 1. The number of hydrogen-bond acceptors (Lipinski definition) is 5. The Labute approximate surface area is 67.6 Å². The summed E-state index contributed by atoms with van der Waals surface area (Å²) in [4.78, 5) is 0. The highest BCUT2D eigenvalue weighted by molar-refractivity contribution is 5.60. The lowest BCUT2D eigenvalue weighted by molar-refractivity contribution is 0.436. The standard InChI is InChI=1S/C6H7N5O/c1-3-2-4-8-9-10-11(4)6(12)5(3)7/h2,12H,7H2,1H3. The fraction of sp³-hybridized carbons (Fsp3) is 0.167. The van der Waals surface area contributed by atoms with Gasteiger partial charge < -0.3 is 10.8 Å². The van der Waals surface area contributed by atoms with Gasteiger partial charge in [0.1, 0.15) is 0 Å². The fourth-order valence-electron chi connectivity index (χ4n) is 0.997. The zero-order chi connectivity index (χ0) is 8.72. The number of hydrogen-bond donors (Lipinski definition) is 2. The fourth-order valence-corrected chi connectivity index (χ4v) is 0.997. The first kappa shape index (κ1) is 6.84. The summed E-state index contributed by atoms with van der Waals surface area (Å²) in [5.74, 6) is -0.116. The number of rotatable bonds is 0. The van der Waals surface area contributed by atoms with Crippen LogP contribution in [0, 0.1) is 6.92 Å². The molecule has 0 aromatic carbocycles. The van der Waals surface area contributed by atoms with Crippen molar-refractivity contribution in [3.8, 4) is 5.88 Å². The third-order valence-corrected chi connectivity index (χ3v) is 1.71. The molecule has 3 N–H and O–H groups in total. The zero-order valence-electron chi connectivity index (χ0n) is 6.39. The summed E-state index contributed by atoms with van der Waals surface area (Å²) in [5.41, 5.74) is 7.09. The maximum Gasteiger partial charge on any atom is 0.239 e. The third-order valence-electron chi connectivity index (χ3n) is 1.71. The number of fused-ring (bicyclic) bond motifs is 1. The lowest BCUT2D eigenvalue weighted by Gasteiger charge is -2.02. The summed E-state index contributed by atoms with van der Waals surface area (Å²) in [6, 6.07) is 1.70. The molecule has 6 nitrogen and oxygen atoms in total. The van der Waals surface area contributed by atoms with Gasteiger partial charge in [0.25, 0.3) is 0 Å². The van der Waals surface area contributed by atoms with E-state index in [-0.39, 0.29) is 5.88 Å². The number of tetrazole rings is 1. The van der Waals surface area contributed by atoms with Crippen LogP contribution in [0.3, 0.4) is 0 Å². The molecule has 0 saturated carbocycles. The number of aromatic nitrogens is 4. The van der Waals surface area contributed by atoms with E-state index in [4.69, 9.17) is 5.73 Å². The molecule has 2 heterocycles. The number of aromatic hydroxyl groups is 1. The Bertz CT molecular complexity index is 435. The topological polar surface area (TPSA) is 89.3 Å². The van der Waals surface area contributed by atoms with Gasteiger partial charge >= 0.3 is 0 Å². The minimum atomic E-state index is -0.116. The van der Waals surface area contributed by atoms with Crippen LogP contribution in [0.1, 0.15) is 5.56 Å². The molecular formula is C6H7N5O. The van der Waals surface area contributed by atoms with Crippen LogP contribution < -0.4 is 5.73 Å². The summed E-state index contributed by atoms with van der Waals surface area (Å²) in [6.45, 7) is 1.78. The van der Waals surface area contributed by atoms with Crippen LogP contribution in [0.25, 0.3) is 5.65 Å². The van der Waals surface area contributed by atoms with Gasteiger partial charge in [-0.3, -0.25) is 0 Å². The van der Waals surface area contributed by atoms with Gasteiger partial charge in [0.2, 0.25) is 5.88 Å². The summed E-state index contributed by atoms with van der Waals surface area (Å²) >= 11 is 0. The summed E-state index contributed by atoms with van der Waals surface area (Å²) < 4.78 is 1.18. The lowest BCUT2D eigenvalue weighted by Crippen LogP contribution is -1.97. The predicted octanol–water partition coefficient (Wildman–Crippen LogP) is -0.279. The SMILES string of the molecule is Cc1cc2nnnn2c(O)c1N. The Hall–Kier alpha value is -1.85. The Kier molecular flexibility index (Phi) is 1.18. The van der Waals surface area contributed by atoms with Crippen molar-refractivity contribution in [2.24, 2.45) is 0 Å². The molecule has 2 rings (SSSR count). The van der Waals surface area contributed by atoms with Crippen molar-refractivity contribution < 1.29 is 5.11 Å². The van der Waals surface area contributed by atoms with Gasteiger partial charge in [-0.2, -0.15) is 4.52 Å².